The molecule has 3 aromatic rings. The average molecular weight is 378 g/mol. The Balaban J connectivity index is 1.68. The monoisotopic (exact) mass is 378 g/mol. The molecule has 4 N–H and O–H groups in total. The Kier molecular flexibility index (Phi) is 5.69. The molecule has 144 valence electrons. The molecule has 0 saturated heterocycles. The lowest BCUT2D eigenvalue weighted by atomic mass is 10.1. The van der Waals surface area contributed by atoms with Gasteiger partial charge in [0.25, 0.3) is 5.91 Å². The molecule has 3 rings (SSSR count). The minimum Gasteiger partial charge on any atom is -0.382 e. The van der Waals surface area contributed by atoms with E-state index in [2.05, 4.69) is 20.9 Å². The number of hydrogen-bond donors (Lipinski definition) is 3. The van der Waals surface area contributed by atoms with Crippen molar-refractivity contribution in [2.75, 3.05) is 16.4 Å². The van der Waals surface area contributed by atoms with Crippen LogP contribution in [0, 0.1) is 6.92 Å². The van der Waals surface area contributed by atoms with Gasteiger partial charge in [-0.25, -0.2) is 4.68 Å². The number of nitrogens with two attached hydrogens (primary N) is 1. The summed E-state index contributed by atoms with van der Waals surface area (Å²) in [5.74, 6) is -0.752. The van der Waals surface area contributed by atoms with Gasteiger partial charge in [0.15, 0.2) is 11.5 Å². The summed E-state index contributed by atoms with van der Waals surface area (Å²) in [6, 6.07) is 14.9. The zero-order valence-corrected chi connectivity index (χ0v) is 15.8. The van der Waals surface area contributed by atoms with Crippen molar-refractivity contribution in [3.05, 3.63) is 65.4 Å². The van der Waals surface area contributed by atoms with Gasteiger partial charge in [-0.2, -0.15) is 0 Å². The predicted octanol–water partition coefficient (Wildman–Crippen LogP) is 2.62. The van der Waals surface area contributed by atoms with E-state index >= 15 is 0 Å². The molecule has 0 radical (unpaired) electrons. The molecule has 2 amide bonds. The second-order valence-corrected chi connectivity index (χ2v) is 6.36. The molecule has 1 aromatic heterocycles. The lowest BCUT2D eigenvalue weighted by Crippen LogP contribution is -2.21. The van der Waals surface area contributed by atoms with Gasteiger partial charge in [0, 0.05) is 11.4 Å². The minimum atomic E-state index is -0.469. The number of amides is 2. The van der Waals surface area contributed by atoms with Crippen LogP contribution in [-0.4, -0.2) is 26.8 Å². The molecular formula is C20H22N6O2. The van der Waals surface area contributed by atoms with Crippen LogP contribution in [0.15, 0.2) is 48.5 Å². The Morgan fingerprint density at radius 2 is 1.79 bits per heavy atom. The molecule has 1 heterocycles. The van der Waals surface area contributed by atoms with Crippen LogP contribution < -0.4 is 16.4 Å². The van der Waals surface area contributed by atoms with Crippen molar-refractivity contribution in [3.63, 3.8) is 0 Å². The first kappa shape index (κ1) is 19.1. The van der Waals surface area contributed by atoms with Gasteiger partial charge in [-0.05, 0) is 37.1 Å². The molecule has 0 aliphatic carbocycles. The third-order valence-electron chi connectivity index (χ3n) is 4.26. The number of aryl methyl sites for hydroxylation is 2. The number of nitrogen functional groups attached to an aromatic ring is 1. The van der Waals surface area contributed by atoms with E-state index in [-0.39, 0.29) is 24.0 Å². The van der Waals surface area contributed by atoms with Gasteiger partial charge in [0.2, 0.25) is 5.91 Å². The van der Waals surface area contributed by atoms with E-state index in [1.807, 2.05) is 62.4 Å². The van der Waals surface area contributed by atoms with Gasteiger partial charge in [-0.3, -0.25) is 9.59 Å². The van der Waals surface area contributed by atoms with Crippen molar-refractivity contribution in [3.8, 4) is 0 Å². The molecule has 0 atom stereocenters. The topological polar surface area (TPSA) is 115 Å². The second kappa shape index (κ2) is 8.34. The van der Waals surface area contributed by atoms with Gasteiger partial charge < -0.3 is 16.4 Å². The quantitative estimate of drug-likeness (QED) is 0.610. The fraction of sp³-hybridized carbons (Fsp3) is 0.200. The highest BCUT2D eigenvalue weighted by molar-refractivity contribution is 6.06. The number of benzene rings is 2. The summed E-state index contributed by atoms with van der Waals surface area (Å²) in [4.78, 5) is 24.7. The van der Waals surface area contributed by atoms with Crippen LogP contribution in [0.3, 0.4) is 0 Å². The van der Waals surface area contributed by atoms with Crippen LogP contribution in [-0.2, 0) is 17.8 Å². The lowest BCUT2D eigenvalue weighted by molar-refractivity contribution is -0.116. The predicted molar refractivity (Wildman–Crippen MR) is 108 cm³/mol. The number of anilines is 3. The maximum atomic E-state index is 12.5. The molecule has 0 fully saturated rings. The van der Waals surface area contributed by atoms with Gasteiger partial charge in [-0.15, -0.1) is 5.10 Å². The summed E-state index contributed by atoms with van der Waals surface area (Å²) in [6.45, 7) is 3.82. The van der Waals surface area contributed by atoms with Crippen LogP contribution >= 0.6 is 0 Å². The van der Waals surface area contributed by atoms with Gasteiger partial charge in [0.05, 0.1) is 0 Å². The van der Waals surface area contributed by atoms with E-state index in [1.54, 1.807) is 0 Å². The summed E-state index contributed by atoms with van der Waals surface area (Å²) >= 11 is 0. The Morgan fingerprint density at radius 1 is 1.07 bits per heavy atom. The van der Waals surface area contributed by atoms with E-state index in [1.165, 1.54) is 4.68 Å². The summed E-state index contributed by atoms with van der Waals surface area (Å²) in [5, 5.41) is 13.2. The van der Waals surface area contributed by atoms with E-state index in [9.17, 15) is 9.59 Å². The molecule has 0 unspecified atom stereocenters. The van der Waals surface area contributed by atoms with E-state index in [0.717, 1.165) is 17.5 Å². The first-order valence-electron chi connectivity index (χ1n) is 8.92. The van der Waals surface area contributed by atoms with Crippen molar-refractivity contribution in [2.24, 2.45) is 0 Å². The van der Waals surface area contributed by atoms with E-state index in [4.69, 9.17) is 5.73 Å². The number of rotatable bonds is 6. The number of carbonyl (C=O) groups is 2. The largest absolute Gasteiger partial charge is 0.382 e. The zero-order chi connectivity index (χ0) is 20.1. The molecule has 8 heteroatoms. The van der Waals surface area contributed by atoms with Crippen LogP contribution in [0.4, 0.5) is 17.2 Å². The minimum absolute atomic E-state index is 0.0194. The van der Waals surface area contributed by atoms with Crippen LogP contribution in [0.25, 0.3) is 0 Å². The lowest BCUT2D eigenvalue weighted by Gasteiger charge is -2.09. The van der Waals surface area contributed by atoms with Crippen LogP contribution in [0.5, 0.6) is 0 Å². The van der Waals surface area contributed by atoms with Crippen molar-refractivity contribution < 1.29 is 9.59 Å². The number of nitrogens with zero attached hydrogens (tertiary/aromatic N) is 3. The fourth-order valence-corrected chi connectivity index (χ4v) is 2.70. The molecular weight excluding hydrogens is 356 g/mol. The van der Waals surface area contributed by atoms with Crippen molar-refractivity contribution in [2.45, 2.75) is 26.8 Å². The SMILES string of the molecule is CCc1ccccc1NC(=O)c1nnn(CC(=O)Nc2ccc(C)cc2)c1N. The molecule has 0 spiro atoms. The van der Waals surface area contributed by atoms with Gasteiger partial charge in [0.1, 0.15) is 6.54 Å². The first-order chi connectivity index (χ1) is 13.5. The second-order valence-electron chi connectivity index (χ2n) is 6.36. The molecule has 0 saturated carbocycles. The van der Waals surface area contributed by atoms with Crippen molar-refractivity contribution in [1.82, 2.24) is 15.0 Å². The molecule has 8 nitrogen and oxygen atoms in total. The Bertz CT molecular complexity index is 994. The fourth-order valence-electron chi connectivity index (χ4n) is 2.70. The molecule has 2 aromatic carbocycles. The Morgan fingerprint density at radius 3 is 2.50 bits per heavy atom. The summed E-state index contributed by atoms with van der Waals surface area (Å²) in [6.07, 6.45) is 0.776. The summed E-state index contributed by atoms with van der Waals surface area (Å²) in [5.41, 5.74) is 9.43. The number of carbonyl (C=O) groups excluding carboxylic acids is 2. The Hall–Kier alpha value is -3.68. The highest BCUT2D eigenvalue weighted by Crippen LogP contribution is 2.18. The first-order valence-corrected chi connectivity index (χ1v) is 8.92. The third kappa shape index (κ3) is 4.35. The average Bonchev–Trinajstić information content (AvgIpc) is 3.04. The van der Waals surface area contributed by atoms with Crippen molar-refractivity contribution in [1.29, 1.82) is 0 Å². The van der Waals surface area contributed by atoms with Gasteiger partial charge in [-0.1, -0.05) is 48.0 Å². The smallest absolute Gasteiger partial charge is 0.280 e. The number of hydrogen-bond acceptors (Lipinski definition) is 5. The highest BCUT2D eigenvalue weighted by Gasteiger charge is 2.19. The third-order valence-corrected chi connectivity index (χ3v) is 4.26. The van der Waals surface area contributed by atoms with Crippen LogP contribution in [0.2, 0.25) is 0 Å². The maximum Gasteiger partial charge on any atom is 0.280 e. The van der Waals surface area contributed by atoms with Crippen molar-refractivity contribution >= 4 is 29.0 Å². The Labute approximate surface area is 162 Å². The maximum absolute atomic E-state index is 12.5. The molecule has 28 heavy (non-hydrogen) atoms. The number of aromatic nitrogens is 3. The number of para-hydroxylation sites is 1. The van der Waals surface area contributed by atoms with E-state index in [0.29, 0.717) is 11.4 Å². The number of nitrogens with one attached hydrogen (secondary N) is 2. The zero-order valence-electron chi connectivity index (χ0n) is 15.8. The normalized spacial score (nSPS) is 10.5. The molecule has 0 aliphatic rings. The van der Waals surface area contributed by atoms with Gasteiger partial charge >= 0.3 is 0 Å². The standard InChI is InChI=1S/C20H22N6O2/c1-3-14-6-4-5-7-16(14)23-20(28)18-19(21)26(25-24-18)12-17(27)22-15-10-8-13(2)9-11-15/h4-11H,3,12,21H2,1-2H3,(H,22,27)(H,23,28). The molecule has 0 aliphatic heterocycles. The molecule has 0 bridgehead atoms. The highest BCUT2D eigenvalue weighted by atomic mass is 16.2. The van der Waals surface area contributed by atoms with Crippen LogP contribution in [0.1, 0.15) is 28.5 Å². The summed E-state index contributed by atoms with van der Waals surface area (Å²) in [7, 11) is 0. The summed E-state index contributed by atoms with van der Waals surface area (Å²) < 4.78 is 1.20. The van der Waals surface area contributed by atoms with E-state index < -0.39 is 5.91 Å².